The molecule has 3 rings (SSSR count). The lowest BCUT2D eigenvalue weighted by molar-refractivity contribution is 0.387. The van der Waals surface area contributed by atoms with E-state index >= 15 is 0 Å². The highest BCUT2D eigenvalue weighted by Gasteiger charge is 2.20. The summed E-state index contributed by atoms with van der Waals surface area (Å²) in [6, 6.07) is 5.95. The van der Waals surface area contributed by atoms with Crippen molar-refractivity contribution in [3.63, 3.8) is 0 Å². The number of hydrogen-bond acceptors (Lipinski definition) is 3. The largest absolute Gasteiger partial charge is 0.440 e. The fourth-order valence-electron chi connectivity index (χ4n) is 2.16. The van der Waals surface area contributed by atoms with Crippen LogP contribution in [-0.2, 0) is 0 Å². The zero-order chi connectivity index (χ0) is 11.0. The van der Waals surface area contributed by atoms with Gasteiger partial charge >= 0.3 is 0 Å². The second-order valence-electron chi connectivity index (χ2n) is 4.21. The van der Waals surface area contributed by atoms with Crippen LogP contribution >= 0.6 is 15.9 Å². The van der Waals surface area contributed by atoms with Gasteiger partial charge in [0.2, 0.25) is 0 Å². The van der Waals surface area contributed by atoms with Gasteiger partial charge in [-0.2, -0.15) is 0 Å². The van der Waals surface area contributed by atoms with Crippen LogP contribution in [-0.4, -0.2) is 18.1 Å². The summed E-state index contributed by atoms with van der Waals surface area (Å²) in [7, 11) is 0. The fraction of sp³-hybridized carbons (Fsp3) is 0.417. The standard InChI is InChI=1S/C12H13BrN2O/c13-9-3-4-11-10(6-9)15-12(16-11)8-2-1-5-14-7-8/h3-4,6,8,14H,1-2,5,7H2. The number of benzene rings is 1. The van der Waals surface area contributed by atoms with Crippen LogP contribution in [0.15, 0.2) is 27.1 Å². The summed E-state index contributed by atoms with van der Waals surface area (Å²) in [6.45, 7) is 2.09. The van der Waals surface area contributed by atoms with Crippen LogP contribution in [0.3, 0.4) is 0 Å². The number of oxazole rings is 1. The highest BCUT2D eigenvalue weighted by molar-refractivity contribution is 9.10. The molecule has 1 aliphatic heterocycles. The van der Waals surface area contributed by atoms with E-state index in [0.29, 0.717) is 5.92 Å². The molecule has 0 saturated carbocycles. The maximum Gasteiger partial charge on any atom is 0.199 e. The fourth-order valence-corrected chi connectivity index (χ4v) is 2.50. The molecule has 16 heavy (non-hydrogen) atoms. The van der Waals surface area contributed by atoms with Crippen LogP contribution < -0.4 is 5.32 Å². The van der Waals surface area contributed by atoms with E-state index < -0.39 is 0 Å². The van der Waals surface area contributed by atoms with Gasteiger partial charge in [-0.1, -0.05) is 15.9 Å². The number of nitrogens with one attached hydrogen (secondary N) is 1. The van der Waals surface area contributed by atoms with Gasteiger partial charge in [-0.05, 0) is 37.6 Å². The van der Waals surface area contributed by atoms with E-state index in [4.69, 9.17) is 4.42 Å². The minimum absolute atomic E-state index is 0.430. The third-order valence-corrected chi connectivity index (χ3v) is 3.51. The molecule has 84 valence electrons. The van der Waals surface area contributed by atoms with E-state index in [1.165, 1.54) is 12.8 Å². The number of piperidine rings is 1. The molecule has 4 heteroatoms. The Balaban J connectivity index is 1.97. The summed E-state index contributed by atoms with van der Waals surface area (Å²) in [4.78, 5) is 4.56. The zero-order valence-corrected chi connectivity index (χ0v) is 10.5. The third kappa shape index (κ3) is 1.87. The molecule has 2 aromatic rings. The summed E-state index contributed by atoms with van der Waals surface area (Å²) in [5.74, 6) is 1.31. The summed E-state index contributed by atoms with van der Waals surface area (Å²) < 4.78 is 6.83. The van der Waals surface area contributed by atoms with Gasteiger partial charge in [0.1, 0.15) is 5.52 Å². The van der Waals surface area contributed by atoms with Gasteiger partial charge in [-0.25, -0.2) is 4.98 Å². The number of fused-ring (bicyclic) bond motifs is 1. The SMILES string of the molecule is Brc1ccc2oc(C3CCCNC3)nc2c1. The molecule has 0 aliphatic carbocycles. The highest BCUT2D eigenvalue weighted by Crippen LogP contribution is 2.27. The minimum atomic E-state index is 0.430. The Labute approximate surface area is 102 Å². The second kappa shape index (κ2) is 4.18. The number of rotatable bonds is 1. The lowest BCUT2D eigenvalue weighted by Gasteiger charge is -2.19. The van der Waals surface area contributed by atoms with E-state index in [9.17, 15) is 0 Å². The predicted octanol–water partition coefficient (Wildman–Crippen LogP) is 3.06. The zero-order valence-electron chi connectivity index (χ0n) is 8.87. The summed E-state index contributed by atoms with van der Waals surface area (Å²) in [5, 5.41) is 3.38. The first-order valence-electron chi connectivity index (χ1n) is 5.59. The molecule has 0 amide bonds. The van der Waals surface area contributed by atoms with E-state index in [0.717, 1.165) is 34.6 Å². The molecule has 0 bridgehead atoms. The Morgan fingerprint density at radius 2 is 2.38 bits per heavy atom. The van der Waals surface area contributed by atoms with Crippen LogP contribution in [0, 0.1) is 0 Å². The van der Waals surface area contributed by atoms with E-state index in [2.05, 4.69) is 26.2 Å². The summed E-state index contributed by atoms with van der Waals surface area (Å²) >= 11 is 3.44. The lowest BCUT2D eigenvalue weighted by Crippen LogP contribution is -2.28. The molecule has 0 spiro atoms. The van der Waals surface area contributed by atoms with Gasteiger partial charge in [0.05, 0.1) is 0 Å². The molecule has 2 heterocycles. The Morgan fingerprint density at radius 1 is 1.44 bits per heavy atom. The summed E-state index contributed by atoms with van der Waals surface area (Å²) in [6.07, 6.45) is 2.37. The van der Waals surface area contributed by atoms with Gasteiger partial charge in [0, 0.05) is 16.9 Å². The molecule has 1 saturated heterocycles. The average Bonchev–Trinajstić information content (AvgIpc) is 2.73. The molecule has 1 unspecified atom stereocenters. The van der Waals surface area contributed by atoms with Gasteiger partial charge in [0.15, 0.2) is 11.5 Å². The van der Waals surface area contributed by atoms with Gasteiger partial charge in [-0.15, -0.1) is 0 Å². The summed E-state index contributed by atoms with van der Waals surface area (Å²) in [5.41, 5.74) is 1.82. The molecule has 1 fully saturated rings. The number of aromatic nitrogens is 1. The van der Waals surface area contributed by atoms with E-state index in [-0.39, 0.29) is 0 Å². The molecular weight excluding hydrogens is 268 g/mol. The topological polar surface area (TPSA) is 38.1 Å². The van der Waals surface area contributed by atoms with E-state index in [1.54, 1.807) is 0 Å². The third-order valence-electron chi connectivity index (χ3n) is 3.01. The normalized spacial score (nSPS) is 21.4. The van der Waals surface area contributed by atoms with E-state index in [1.807, 2.05) is 18.2 Å². The monoisotopic (exact) mass is 280 g/mol. The second-order valence-corrected chi connectivity index (χ2v) is 5.12. The first-order valence-corrected chi connectivity index (χ1v) is 6.39. The Kier molecular flexibility index (Phi) is 2.69. The number of halogens is 1. The molecule has 1 N–H and O–H groups in total. The van der Waals surface area contributed by atoms with Crippen molar-refractivity contribution in [2.75, 3.05) is 13.1 Å². The first-order chi connectivity index (χ1) is 7.83. The average molecular weight is 281 g/mol. The molecule has 1 aliphatic rings. The molecule has 1 aromatic carbocycles. The van der Waals surface area contributed by atoms with Crippen molar-refractivity contribution < 1.29 is 4.42 Å². The van der Waals surface area contributed by atoms with Crippen molar-refractivity contribution >= 4 is 27.0 Å². The molecular formula is C12H13BrN2O. The maximum atomic E-state index is 5.79. The molecule has 3 nitrogen and oxygen atoms in total. The lowest BCUT2D eigenvalue weighted by atomic mass is 10.00. The number of hydrogen-bond donors (Lipinski definition) is 1. The van der Waals surface area contributed by atoms with Crippen molar-refractivity contribution in [1.82, 2.24) is 10.3 Å². The van der Waals surface area contributed by atoms with Gasteiger partial charge < -0.3 is 9.73 Å². The minimum Gasteiger partial charge on any atom is -0.440 e. The van der Waals surface area contributed by atoms with Gasteiger partial charge in [-0.3, -0.25) is 0 Å². The molecule has 1 atom stereocenters. The van der Waals surface area contributed by atoms with Crippen LogP contribution in [0.2, 0.25) is 0 Å². The van der Waals surface area contributed by atoms with Crippen LogP contribution in [0.25, 0.3) is 11.1 Å². The highest BCUT2D eigenvalue weighted by atomic mass is 79.9. The van der Waals surface area contributed by atoms with Crippen molar-refractivity contribution in [3.05, 3.63) is 28.6 Å². The Bertz CT molecular complexity index is 503. The Morgan fingerprint density at radius 3 is 3.19 bits per heavy atom. The quantitative estimate of drug-likeness (QED) is 0.873. The van der Waals surface area contributed by atoms with Crippen LogP contribution in [0.5, 0.6) is 0 Å². The van der Waals surface area contributed by atoms with Crippen molar-refractivity contribution in [1.29, 1.82) is 0 Å². The smallest absolute Gasteiger partial charge is 0.199 e. The van der Waals surface area contributed by atoms with Crippen LogP contribution in [0.4, 0.5) is 0 Å². The van der Waals surface area contributed by atoms with Crippen LogP contribution in [0.1, 0.15) is 24.7 Å². The Hall–Kier alpha value is -0.870. The first kappa shape index (κ1) is 10.3. The number of nitrogens with zero attached hydrogens (tertiary/aromatic N) is 1. The molecule has 0 radical (unpaired) electrons. The van der Waals surface area contributed by atoms with Crippen molar-refractivity contribution in [3.8, 4) is 0 Å². The van der Waals surface area contributed by atoms with Crippen molar-refractivity contribution in [2.24, 2.45) is 0 Å². The van der Waals surface area contributed by atoms with Gasteiger partial charge in [0.25, 0.3) is 0 Å². The molecule has 1 aromatic heterocycles. The maximum absolute atomic E-state index is 5.79. The van der Waals surface area contributed by atoms with Crippen molar-refractivity contribution in [2.45, 2.75) is 18.8 Å². The predicted molar refractivity (Wildman–Crippen MR) is 66.6 cm³/mol.